The molecule has 0 amide bonds. The van der Waals surface area contributed by atoms with E-state index in [1.165, 1.54) is 0 Å². The topological polar surface area (TPSA) is 38.3 Å². The Morgan fingerprint density at radius 3 is 2.67 bits per heavy atom. The fraction of sp³-hybridized carbons (Fsp3) is 0.833. The van der Waals surface area contributed by atoms with Gasteiger partial charge in [-0.3, -0.25) is 4.79 Å². The Balaban J connectivity index is 2.47. The van der Waals surface area contributed by atoms with E-state index in [1.54, 1.807) is 0 Å². The molecule has 0 unspecified atom stereocenters. The van der Waals surface area contributed by atoms with Crippen LogP contribution in [-0.2, 0) is 9.53 Å². The zero-order chi connectivity index (χ0) is 6.85. The molecule has 0 saturated carbocycles. The largest absolute Gasteiger partial charge is 0.461 e. The molecule has 1 rings (SSSR count). The second kappa shape index (κ2) is 2.35. The van der Waals surface area contributed by atoms with Crippen LogP contribution in [0.25, 0.3) is 0 Å². The summed E-state index contributed by atoms with van der Waals surface area (Å²) in [7, 11) is 1.84. The Kier molecular flexibility index (Phi) is 1.71. The molecule has 0 aromatic rings. The Bertz CT molecular complexity index is 124. The summed E-state index contributed by atoms with van der Waals surface area (Å²) in [6.45, 7) is 1.89. The molecule has 1 saturated heterocycles. The molecule has 0 spiro atoms. The first-order chi connectivity index (χ1) is 4.24. The molecule has 2 atom stereocenters. The second-order valence-electron chi connectivity index (χ2n) is 2.29. The summed E-state index contributed by atoms with van der Waals surface area (Å²) in [4.78, 5) is 10.6. The molecule has 52 valence electrons. The van der Waals surface area contributed by atoms with Gasteiger partial charge in [0.15, 0.2) is 0 Å². The standard InChI is InChI=1S/C6H11NO2/c1-4-5(7-2)3-6(8)9-4/h4-5,7H,3H2,1-2H3/t4-,5+/m0/s1. The molecular weight excluding hydrogens is 118 g/mol. The van der Waals surface area contributed by atoms with Gasteiger partial charge in [-0.15, -0.1) is 0 Å². The van der Waals surface area contributed by atoms with E-state index in [-0.39, 0.29) is 18.1 Å². The van der Waals surface area contributed by atoms with Crippen LogP contribution in [0.2, 0.25) is 0 Å². The van der Waals surface area contributed by atoms with Crippen LogP contribution in [0.3, 0.4) is 0 Å². The van der Waals surface area contributed by atoms with Gasteiger partial charge in [0.25, 0.3) is 0 Å². The van der Waals surface area contributed by atoms with Gasteiger partial charge < -0.3 is 10.1 Å². The molecule has 1 aliphatic heterocycles. The highest BCUT2D eigenvalue weighted by molar-refractivity contribution is 5.72. The first kappa shape index (κ1) is 6.55. The number of carbonyl (C=O) groups excluding carboxylic acids is 1. The summed E-state index contributed by atoms with van der Waals surface area (Å²) in [6.07, 6.45) is 0.556. The summed E-state index contributed by atoms with van der Waals surface area (Å²) in [6, 6.07) is 0.220. The van der Waals surface area contributed by atoms with E-state index < -0.39 is 0 Å². The molecule has 3 nitrogen and oxygen atoms in total. The molecule has 0 aromatic carbocycles. The lowest BCUT2D eigenvalue weighted by Gasteiger charge is -2.09. The molecule has 0 aromatic heterocycles. The zero-order valence-electron chi connectivity index (χ0n) is 5.68. The summed E-state index contributed by atoms with van der Waals surface area (Å²) in [5, 5.41) is 3.00. The molecule has 1 fully saturated rings. The van der Waals surface area contributed by atoms with Crippen LogP contribution in [0, 0.1) is 0 Å². The predicted molar refractivity (Wildman–Crippen MR) is 33.0 cm³/mol. The van der Waals surface area contributed by atoms with E-state index in [0.29, 0.717) is 6.42 Å². The Hall–Kier alpha value is -0.570. The first-order valence-corrected chi connectivity index (χ1v) is 3.11. The molecular formula is C6H11NO2. The molecule has 0 bridgehead atoms. The van der Waals surface area contributed by atoms with Crippen LogP contribution in [-0.4, -0.2) is 25.2 Å². The highest BCUT2D eigenvalue weighted by atomic mass is 16.5. The van der Waals surface area contributed by atoms with Crippen LogP contribution in [0.1, 0.15) is 13.3 Å². The lowest BCUT2D eigenvalue weighted by Crippen LogP contribution is -2.31. The van der Waals surface area contributed by atoms with Crippen molar-refractivity contribution in [2.75, 3.05) is 7.05 Å². The summed E-state index contributed by atoms with van der Waals surface area (Å²) >= 11 is 0. The SMILES string of the molecule is CN[C@@H]1CC(=O)O[C@H]1C. The molecule has 1 heterocycles. The van der Waals surface area contributed by atoms with Crippen molar-refractivity contribution in [1.82, 2.24) is 5.32 Å². The van der Waals surface area contributed by atoms with Gasteiger partial charge in [0.2, 0.25) is 0 Å². The number of cyclic esters (lactones) is 1. The third-order valence-corrected chi connectivity index (χ3v) is 1.64. The Morgan fingerprint density at radius 1 is 1.78 bits per heavy atom. The smallest absolute Gasteiger partial charge is 0.307 e. The van der Waals surface area contributed by atoms with Gasteiger partial charge in [-0.1, -0.05) is 0 Å². The van der Waals surface area contributed by atoms with Gasteiger partial charge in [-0.25, -0.2) is 0 Å². The second-order valence-corrected chi connectivity index (χ2v) is 2.29. The van der Waals surface area contributed by atoms with Crippen LogP contribution >= 0.6 is 0 Å². The highest BCUT2D eigenvalue weighted by Gasteiger charge is 2.29. The number of esters is 1. The van der Waals surface area contributed by atoms with Crippen molar-refractivity contribution in [1.29, 1.82) is 0 Å². The summed E-state index contributed by atoms with van der Waals surface area (Å²) < 4.78 is 4.86. The van der Waals surface area contributed by atoms with E-state index in [9.17, 15) is 4.79 Å². The van der Waals surface area contributed by atoms with E-state index in [2.05, 4.69) is 5.32 Å². The molecule has 1 aliphatic rings. The van der Waals surface area contributed by atoms with Crippen molar-refractivity contribution in [2.45, 2.75) is 25.5 Å². The van der Waals surface area contributed by atoms with E-state index in [0.717, 1.165) is 0 Å². The molecule has 1 N–H and O–H groups in total. The van der Waals surface area contributed by atoms with Gasteiger partial charge in [-0.05, 0) is 14.0 Å². The van der Waals surface area contributed by atoms with Crippen LogP contribution in [0.5, 0.6) is 0 Å². The van der Waals surface area contributed by atoms with Gasteiger partial charge in [-0.2, -0.15) is 0 Å². The average Bonchev–Trinajstić information content (AvgIpc) is 2.10. The van der Waals surface area contributed by atoms with E-state index in [1.807, 2.05) is 14.0 Å². The molecule has 0 aliphatic carbocycles. The van der Waals surface area contributed by atoms with Gasteiger partial charge in [0.1, 0.15) is 6.10 Å². The number of likely N-dealkylation sites (N-methyl/N-ethyl adjacent to an activating group) is 1. The number of carbonyl (C=O) groups is 1. The fourth-order valence-electron chi connectivity index (χ4n) is 1.02. The van der Waals surface area contributed by atoms with Crippen molar-refractivity contribution in [3.8, 4) is 0 Å². The zero-order valence-corrected chi connectivity index (χ0v) is 5.68. The maximum Gasteiger partial charge on any atom is 0.307 e. The van der Waals surface area contributed by atoms with E-state index >= 15 is 0 Å². The third-order valence-electron chi connectivity index (χ3n) is 1.64. The lowest BCUT2D eigenvalue weighted by atomic mass is 10.2. The third kappa shape index (κ3) is 1.21. The minimum absolute atomic E-state index is 0.0440. The Labute approximate surface area is 54.4 Å². The maximum absolute atomic E-state index is 10.6. The van der Waals surface area contributed by atoms with Crippen LogP contribution in [0.15, 0.2) is 0 Å². The van der Waals surface area contributed by atoms with Crippen LogP contribution < -0.4 is 5.32 Å². The van der Waals surface area contributed by atoms with Gasteiger partial charge in [0, 0.05) is 0 Å². The number of hydrogen-bond acceptors (Lipinski definition) is 3. The highest BCUT2D eigenvalue weighted by Crippen LogP contribution is 2.12. The summed E-state index contributed by atoms with van der Waals surface area (Å²) in [5.41, 5.74) is 0. The number of ether oxygens (including phenoxy) is 1. The number of nitrogens with one attached hydrogen (secondary N) is 1. The van der Waals surface area contributed by atoms with Crippen LogP contribution in [0.4, 0.5) is 0 Å². The van der Waals surface area contributed by atoms with Crippen molar-refractivity contribution >= 4 is 5.97 Å². The minimum Gasteiger partial charge on any atom is -0.461 e. The van der Waals surface area contributed by atoms with Gasteiger partial charge >= 0.3 is 5.97 Å². The van der Waals surface area contributed by atoms with Crippen molar-refractivity contribution in [3.05, 3.63) is 0 Å². The number of rotatable bonds is 1. The van der Waals surface area contributed by atoms with E-state index in [4.69, 9.17) is 4.74 Å². The minimum atomic E-state index is -0.0955. The van der Waals surface area contributed by atoms with Crippen molar-refractivity contribution < 1.29 is 9.53 Å². The normalized spacial score (nSPS) is 34.7. The van der Waals surface area contributed by atoms with Gasteiger partial charge in [0.05, 0.1) is 12.5 Å². The quantitative estimate of drug-likeness (QED) is 0.503. The Morgan fingerprint density at radius 2 is 2.44 bits per heavy atom. The fourth-order valence-corrected chi connectivity index (χ4v) is 1.02. The maximum atomic E-state index is 10.6. The number of hydrogen-bond donors (Lipinski definition) is 1. The molecule has 9 heavy (non-hydrogen) atoms. The predicted octanol–water partition coefficient (Wildman–Crippen LogP) is -0.0902. The monoisotopic (exact) mass is 129 g/mol. The lowest BCUT2D eigenvalue weighted by molar-refractivity contribution is -0.140. The molecule has 0 radical (unpaired) electrons. The van der Waals surface area contributed by atoms with Crippen molar-refractivity contribution in [2.24, 2.45) is 0 Å². The molecule has 3 heteroatoms. The van der Waals surface area contributed by atoms with Crippen molar-refractivity contribution in [3.63, 3.8) is 0 Å². The summed E-state index contributed by atoms with van der Waals surface area (Å²) in [5.74, 6) is -0.0955. The average molecular weight is 129 g/mol. The first-order valence-electron chi connectivity index (χ1n) is 3.11.